The van der Waals surface area contributed by atoms with Crippen LogP contribution < -0.4 is 5.32 Å². The summed E-state index contributed by atoms with van der Waals surface area (Å²) in [5.41, 5.74) is 0. The predicted molar refractivity (Wildman–Crippen MR) is 361 cm³/mol. The van der Waals surface area contributed by atoms with E-state index in [4.69, 9.17) is 4.74 Å². The molecule has 0 saturated carbocycles. The van der Waals surface area contributed by atoms with E-state index < -0.39 is 12.1 Å². The number of carbonyl (C=O) groups is 2. The van der Waals surface area contributed by atoms with E-state index in [2.05, 4.69) is 55.6 Å². The first kappa shape index (κ1) is 79.8. The lowest BCUT2D eigenvalue weighted by Crippen LogP contribution is -2.45. The molecule has 3 N–H and O–H groups in total. The van der Waals surface area contributed by atoms with Crippen LogP contribution in [0.1, 0.15) is 399 Å². The minimum atomic E-state index is -0.846. The molecule has 0 aliphatic carbocycles. The van der Waals surface area contributed by atoms with Crippen molar-refractivity contribution in [3.63, 3.8) is 0 Å². The number of carbonyl (C=O) groups excluding carboxylic acids is 2. The Balaban J connectivity index is 3.39. The molecule has 0 fully saturated rings. The molecule has 6 heteroatoms. The second kappa shape index (κ2) is 71.3. The standard InChI is InChI=1S/C76H143NO5/c1-3-5-7-9-11-13-15-17-19-21-33-38-42-46-50-54-58-62-66-70-76(81)82-71-67-63-59-55-51-47-43-39-35-32-30-28-26-24-23-25-27-29-31-34-37-41-45-49-53-57-61-65-69-75(80)77-73(72-78)74(79)68-64-60-56-52-48-44-40-36-22-20-18-16-14-12-10-8-6-4-2/h11,13,17,19,23-24,64,68,73-74,78-79H,3-10,12,14-16,18,20-22,25-63,65-67,69-72H2,1-2H3,(H,77,80)/b13-11-,19-17-,24-23-,68-64+. The molecule has 0 spiro atoms. The molecule has 0 aliphatic rings. The lowest BCUT2D eigenvalue weighted by molar-refractivity contribution is -0.143. The third kappa shape index (κ3) is 67.0. The Morgan fingerprint density at radius 2 is 0.610 bits per heavy atom. The summed E-state index contributed by atoms with van der Waals surface area (Å²) < 4.78 is 5.51. The Hall–Kier alpha value is -2.18. The van der Waals surface area contributed by atoms with Crippen LogP contribution in [-0.2, 0) is 14.3 Å². The molecule has 0 heterocycles. The highest BCUT2D eigenvalue weighted by atomic mass is 16.5. The van der Waals surface area contributed by atoms with Gasteiger partial charge in [-0.05, 0) is 89.9 Å². The number of aliphatic hydroxyl groups is 2. The van der Waals surface area contributed by atoms with Gasteiger partial charge in [0.15, 0.2) is 0 Å². The van der Waals surface area contributed by atoms with Gasteiger partial charge in [-0.1, -0.05) is 345 Å². The molecule has 2 unspecified atom stereocenters. The molecule has 0 bridgehead atoms. The molecular formula is C76H143NO5. The van der Waals surface area contributed by atoms with Gasteiger partial charge in [0.2, 0.25) is 5.91 Å². The molecule has 0 aromatic carbocycles. The van der Waals surface area contributed by atoms with Gasteiger partial charge in [0.25, 0.3) is 0 Å². The maximum Gasteiger partial charge on any atom is 0.305 e. The second-order valence-corrected chi connectivity index (χ2v) is 25.3. The molecule has 0 aromatic heterocycles. The molecule has 0 aromatic rings. The number of amides is 1. The third-order valence-electron chi connectivity index (χ3n) is 17.1. The van der Waals surface area contributed by atoms with Crippen LogP contribution in [0.5, 0.6) is 0 Å². The summed E-state index contributed by atoms with van der Waals surface area (Å²) in [6.45, 7) is 4.91. The minimum absolute atomic E-state index is 0.0120. The van der Waals surface area contributed by atoms with E-state index in [-0.39, 0.29) is 18.5 Å². The van der Waals surface area contributed by atoms with Gasteiger partial charge in [-0.25, -0.2) is 0 Å². The first-order chi connectivity index (χ1) is 40.5. The number of hydrogen-bond acceptors (Lipinski definition) is 5. The van der Waals surface area contributed by atoms with E-state index in [0.717, 1.165) is 51.4 Å². The molecule has 482 valence electrons. The van der Waals surface area contributed by atoms with Crippen LogP contribution in [0.15, 0.2) is 48.6 Å². The van der Waals surface area contributed by atoms with E-state index in [1.807, 2.05) is 6.08 Å². The average molecular weight is 1150 g/mol. The zero-order chi connectivity index (χ0) is 59.2. The number of esters is 1. The van der Waals surface area contributed by atoms with E-state index in [0.29, 0.717) is 19.4 Å². The predicted octanol–water partition coefficient (Wildman–Crippen LogP) is 24.0. The number of unbranched alkanes of at least 4 members (excludes halogenated alkanes) is 52. The summed E-state index contributed by atoms with van der Waals surface area (Å²) >= 11 is 0. The van der Waals surface area contributed by atoms with Crippen molar-refractivity contribution in [3.05, 3.63) is 48.6 Å². The van der Waals surface area contributed by atoms with Gasteiger partial charge in [-0.15, -0.1) is 0 Å². The lowest BCUT2D eigenvalue weighted by Gasteiger charge is -2.20. The highest BCUT2D eigenvalue weighted by Crippen LogP contribution is 2.18. The minimum Gasteiger partial charge on any atom is -0.466 e. The Kier molecular flexibility index (Phi) is 69.4. The van der Waals surface area contributed by atoms with E-state index in [9.17, 15) is 19.8 Å². The van der Waals surface area contributed by atoms with E-state index in [1.54, 1.807) is 6.08 Å². The maximum atomic E-state index is 12.5. The molecule has 2 atom stereocenters. The van der Waals surface area contributed by atoms with Crippen LogP contribution in [0, 0.1) is 0 Å². The van der Waals surface area contributed by atoms with Crippen LogP contribution in [-0.4, -0.2) is 47.4 Å². The van der Waals surface area contributed by atoms with Gasteiger partial charge in [-0.2, -0.15) is 0 Å². The second-order valence-electron chi connectivity index (χ2n) is 25.3. The summed E-state index contributed by atoms with van der Waals surface area (Å²) in [6.07, 6.45) is 93.4. The summed E-state index contributed by atoms with van der Waals surface area (Å²) in [7, 11) is 0. The van der Waals surface area contributed by atoms with Crippen molar-refractivity contribution in [2.45, 2.75) is 411 Å². The van der Waals surface area contributed by atoms with Gasteiger partial charge in [0.05, 0.1) is 25.4 Å². The molecular weight excluding hydrogens is 1010 g/mol. The fourth-order valence-corrected chi connectivity index (χ4v) is 11.4. The topological polar surface area (TPSA) is 95.9 Å². The molecule has 0 aliphatic heterocycles. The normalized spacial score (nSPS) is 12.8. The largest absolute Gasteiger partial charge is 0.466 e. The summed E-state index contributed by atoms with van der Waals surface area (Å²) in [6, 6.07) is -0.629. The van der Waals surface area contributed by atoms with Gasteiger partial charge in [-0.3, -0.25) is 9.59 Å². The SMILES string of the molecule is CCCCC/C=C\C/C=C\CCCCCCCCCCCC(=O)OCCCCCCCCCCCCCC/C=C\CCCCCCCCCCCCCCC(=O)NC(CO)C(O)/C=C/CCCCCCCCCCCCCCCCCC. The molecule has 82 heavy (non-hydrogen) atoms. The number of aliphatic hydroxyl groups excluding tert-OH is 2. The average Bonchev–Trinajstić information content (AvgIpc) is 3.48. The van der Waals surface area contributed by atoms with Crippen LogP contribution in [0.3, 0.4) is 0 Å². The summed E-state index contributed by atoms with van der Waals surface area (Å²) in [5, 5.41) is 23.2. The van der Waals surface area contributed by atoms with Crippen molar-refractivity contribution in [2.24, 2.45) is 0 Å². The van der Waals surface area contributed by atoms with Gasteiger partial charge in [0.1, 0.15) is 0 Å². The molecule has 6 nitrogen and oxygen atoms in total. The van der Waals surface area contributed by atoms with Crippen molar-refractivity contribution < 1.29 is 24.5 Å². The van der Waals surface area contributed by atoms with Crippen molar-refractivity contribution in [1.82, 2.24) is 5.32 Å². The van der Waals surface area contributed by atoms with Crippen LogP contribution >= 0.6 is 0 Å². The zero-order valence-electron chi connectivity index (χ0n) is 55.2. The smallest absolute Gasteiger partial charge is 0.305 e. The van der Waals surface area contributed by atoms with Crippen molar-refractivity contribution in [1.29, 1.82) is 0 Å². The van der Waals surface area contributed by atoms with Gasteiger partial charge < -0.3 is 20.3 Å². The first-order valence-electron chi connectivity index (χ1n) is 36.9. The molecule has 0 saturated heterocycles. The van der Waals surface area contributed by atoms with Crippen molar-refractivity contribution in [3.8, 4) is 0 Å². The van der Waals surface area contributed by atoms with E-state index in [1.165, 1.54) is 321 Å². The Morgan fingerprint density at radius 3 is 0.963 bits per heavy atom. The van der Waals surface area contributed by atoms with Crippen molar-refractivity contribution in [2.75, 3.05) is 13.2 Å². The van der Waals surface area contributed by atoms with Gasteiger partial charge >= 0.3 is 5.97 Å². The third-order valence-corrected chi connectivity index (χ3v) is 17.1. The number of rotatable bonds is 69. The van der Waals surface area contributed by atoms with Crippen LogP contribution in [0.4, 0.5) is 0 Å². The number of ether oxygens (including phenoxy) is 1. The van der Waals surface area contributed by atoms with Crippen LogP contribution in [0.25, 0.3) is 0 Å². The quantitative estimate of drug-likeness (QED) is 0.0320. The van der Waals surface area contributed by atoms with Gasteiger partial charge in [0, 0.05) is 12.8 Å². The maximum absolute atomic E-state index is 12.5. The fourth-order valence-electron chi connectivity index (χ4n) is 11.4. The Bertz CT molecular complexity index is 1370. The van der Waals surface area contributed by atoms with Crippen LogP contribution in [0.2, 0.25) is 0 Å². The molecule has 1 amide bonds. The lowest BCUT2D eigenvalue weighted by atomic mass is 10.0. The number of allylic oxidation sites excluding steroid dienone is 7. The Morgan fingerprint density at radius 1 is 0.341 bits per heavy atom. The summed E-state index contributed by atoms with van der Waals surface area (Å²) in [5.74, 6) is -0.0531. The number of hydrogen-bond donors (Lipinski definition) is 3. The number of nitrogens with one attached hydrogen (secondary N) is 1. The summed E-state index contributed by atoms with van der Waals surface area (Å²) in [4.78, 5) is 24.6. The molecule has 0 rings (SSSR count). The highest BCUT2D eigenvalue weighted by Gasteiger charge is 2.18. The Labute approximate surface area is 512 Å². The molecule has 0 radical (unpaired) electrons. The van der Waals surface area contributed by atoms with E-state index >= 15 is 0 Å². The zero-order valence-corrected chi connectivity index (χ0v) is 55.2. The fraction of sp³-hybridized carbons (Fsp3) is 0.868. The first-order valence-corrected chi connectivity index (χ1v) is 36.9. The van der Waals surface area contributed by atoms with Crippen molar-refractivity contribution >= 4 is 11.9 Å². The highest BCUT2D eigenvalue weighted by molar-refractivity contribution is 5.76. The monoisotopic (exact) mass is 1150 g/mol.